The molecule has 6 rings (SSSR count). The van der Waals surface area contributed by atoms with Crippen molar-refractivity contribution in [2.75, 3.05) is 32.2 Å². The molecule has 5 N–H and O–H groups in total. The van der Waals surface area contributed by atoms with Gasteiger partial charge in [0.25, 0.3) is 5.56 Å². The second kappa shape index (κ2) is 9.64. The molecule has 0 amide bonds. The number of alkyl halides is 1. The molecule has 0 radical (unpaired) electrons. The lowest BCUT2D eigenvalue weighted by molar-refractivity contribution is -0.0504. The van der Waals surface area contributed by atoms with Crippen LogP contribution in [0.15, 0.2) is 53.9 Å². The molecule has 0 spiro atoms. The van der Waals surface area contributed by atoms with E-state index in [2.05, 4.69) is 19.9 Å². The largest absolute Gasteiger partial charge is 0.490 e. The maximum absolute atomic E-state index is 16.0. The summed E-state index contributed by atoms with van der Waals surface area (Å²) in [5, 5.41) is 20.5. The number of aromatic nitrogens is 7. The van der Waals surface area contributed by atoms with E-state index in [1.807, 2.05) is 0 Å². The molecule has 0 saturated carbocycles. The van der Waals surface area contributed by atoms with Gasteiger partial charge in [0, 0.05) is 30.7 Å². The fourth-order valence-electron chi connectivity index (χ4n) is 4.64. The first-order valence-electron chi connectivity index (χ1n) is 11.7. The lowest BCUT2D eigenvalue weighted by Gasteiger charge is -2.32. The highest BCUT2D eigenvalue weighted by Gasteiger charge is 2.53. The Morgan fingerprint density at radius 3 is 2.85 bits per heavy atom. The number of hydrogen-bond donors (Lipinski definition) is 4. The molecule has 4 aromatic rings. The molecule has 4 aromatic heterocycles. The number of aliphatic hydroxyl groups is 2. The Hall–Kier alpha value is -3.35. The van der Waals surface area contributed by atoms with Crippen LogP contribution in [-0.2, 0) is 41.8 Å². The van der Waals surface area contributed by atoms with Crippen LogP contribution in [0.3, 0.4) is 0 Å². The Bertz CT molecular complexity index is 1750. The van der Waals surface area contributed by atoms with Crippen LogP contribution in [0.4, 0.5) is 10.2 Å². The van der Waals surface area contributed by atoms with E-state index < -0.39 is 50.3 Å². The normalized spacial score (nSPS) is 28.1. The number of ether oxygens (including phenoxy) is 2. The van der Waals surface area contributed by atoms with Crippen molar-refractivity contribution in [1.82, 2.24) is 33.5 Å². The van der Waals surface area contributed by atoms with Crippen molar-refractivity contribution in [2.24, 2.45) is 0 Å². The number of hydrogen-bond acceptors (Lipinski definition) is 13. The Morgan fingerprint density at radius 2 is 2.08 bits per heavy atom. The van der Waals surface area contributed by atoms with Crippen LogP contribution < -0.4 is 11.3 Å². The summed E-state index contributed by atoms with van der Waals surface area (Å²) in [6.45, 7) is -6.07. The standard InChI is InChI=1S/C21H22FN8O8PS/c22-21(30-11-27-15-17(23)25-10-26-18(15)30)9-36-13(16(21)33)7-37-39(34,40)38-20(5-12(6-31)35-8-20)29-3-1-14(32)28-4-2-24-19(28)29/h1-5,10-11,13,16,31,33H,6-9H2,(H,34,40)(H2,23,25,26)/t13-,16-,20-,21+,39?/m1/s1. The van der Waals surface area contributed by atoms with Gasteiger partial charge in [-0.2, -0.15) is 0 Å². The van der Waals surface area contributed by atoms with Gasteiger partial charge in [-0.3, -0.25) is 22.9 Å². The molecule has 0 aromatic carbocycles. The van der Waals surface area contributed by atoms with E-state index in [1.165, 1.54) is 39.7 Å². The van der Waals surface area contributed by atoms with Gasteiger partial charge in [0.1, 0.15) is 49.6 Å². The van der Waals surface area contributed by atoms with E-state index in [9.17, 15) is 19.9 Å². The molecule has 212 valence electrons. The predicted molar refractivity (Wildman–Crippen MR) is 137 cm³/mol. The van der Waals surface area contributed by atoms with Crippen LogP contribution in [-0.4, -0.2) is 87.2 Å². The van der Waals surface area contributed by atoms with Crippen molar-refractivity contribution in [1.29, 1.82) is 0 Å². The third kappa shape index (κ3) is 4.29. The number of nitrogen functional groups attached to an aromatic ring is 1. The van der Waals surface area contributed by atoms with E-state index >= 15 is 4.39 Å². The van der Waals surface area contributed by atoms with Crippen LogP contribution in [0.25, 0.3) is 16.9 Å². The molecule has 1 saturated heterocycles. The number of fused-ring (bicyclic) bond motifs is 2. The number of aliphatic hydroxyl groups excluding tert-OH is 2. The maximum atomic E-state index is 16.0. The number of rotatable bonds is 8. The second-order valence-corrected chi connectivity index (χ2v) is 11.8. The zero-order valence-corrected chi connectivity index (χ0v) is 22.1. The van der Waals surface area contributed by atoms with Gasteiger partial charge in [0.05, 0.1) is 12.9 Å². The Labute approximate surface area is 228 Å². The molecule has 0 bridgehead atoms. The van der Waals surface area contributed by atoms with Crippen LogP contribution in [0.5, 0.6) is 0 Å². The highest BCUT2D eigenvalue weighted by Crippen LogP contribution is 2.52. The number of nitrogens with two attached hydrogens (primary N) is 1. The summed E-state index contributed by atoms with van der Waals surface area (Å²) in [7, 11) is 0. The van der Waals surface area contributed by atoms with Gasteiger partial charge >= 0.3 is 6.72 Å². The molecule has 2 aliphatic rings. The van der Waals surface area contributed by atoms with Gasteiger partial charge in [-0.05, 0) is 11.8 Å². The van der Waals surface area contributed by atoms with Crippen molar-refractivity contribution >= 4 is 41.3 Å². The summed E-state index contributed by atoms with van der Waals surface area (Å²) in [6, 6.07) is 1.24. The molecule has 2 aliphatic heterocycles. The monoisotopic (exact) mass is 596 g/mol. The van der Waals surface area contributed by atoms with Gasteiger partial charge in [0.2, 0.25) is 17.3 Å². The van der Waals surface area contributed by atoms with Gasteiger partial charge in [0.15, 0.2) is 11.5 Å². The molecular weight excluding hydrogens is 574 g/mol. The topological polar surface area (TPSA) is 207 Å². The Kier molecular flexibility index (Phi) is 6.47. The van der Waals surface area contributed by atoms with Crippen LogP contribution >= 0.6 is 6.72 Å². The van der Waals surface area contributed by atoms with Gasteiger partial charge in [-0.25, -0.2) is 24.3 Å². The zero-order chi connectivity index (χ0) is 28.3. The zero-order valence-electron chi connectivity index (χ0n) is 20.3. The summed E-state index contributed by atoms with van der Waals surface area (Å²) in [6.07, 6.45) is 4.78. The maximum Gasteiger partial charge on any atom is 0.327 e. The fourth-order valence-corrected chi connectivity index (χ4v) is 6.19. The lowest BCUT2D eigenvalue weighted by Crippen LogP contribution is -2.43. The van der Waals surface area contributed by atoms with E-state index in [1.54, 1.807) is 0 Å². The molecule has 19 heteroatoms. The Balaban J connectivity index is 1.23. The molecule has 16 nitrogen and oxygen atoms in total. The van der Waals surface area contributed by atoms with Crippen LogP contribution in [0, 0.1) is 0 Å². The smallest absolute Gasteiger partial charge is 0.327 e. The number of nitrogens with zero attached hydrogens (tertiary/aromatic N) is 7. The highest BCUT2D eigenvalue weighted by molar-refractivity contribution is 8.07. The minimum absolute atomic E-state index is 0.0392. The van der Waals surface area contributed by atoms with Crippen LogP contribution in [0.2, 0.25) is 0 Å². The van der Waals surface area contributed by atoms with Gasteiger partial charge in [-0.15, -0.1) is 0 Å². The lowest BCUT2D eigenvalue weighted by atomic mass is 10.1. The first-order chi connectivity index (χ1) is 19.1. The summed E-state index contributed by atoms with van der Waals surface area (Å²) >= 11 is 5.24. The molecule has 5 atom stereocenters. The highest BCUT2D eigenvalue weighted by atomic mass is 32.5. The van der Waals surface area contributed by atoms with Crippen molar-refractivity contribution in [3.05, 3.63) is 59.5 Å². The summed E-state index contributed by atoms with van der Waals surface area (Å²) in [4.78, 5) is 39.3. The number of anilines is 1. The average Bonchev–Trinajstić information content (AvgIpc) is 3.71. The van der Waals surface area contributed by atoms with Gasteiger partial charge < -0.3 is 34.8 Å². The predicted octanol–water partition coefficient (Wildman–Crippen LogP) is -0.891. The van der Waals surface area contributed by atoms with Crippen molar-refractivity contribution in [2.45, 2.75) is 23.7 Å². The van der Waals surface area contributed by atoms with E-state index in [-0.39, 0.29) is 40.7 Å². The van der Waals surface area contributed by atoms with Crippen LogP contribution in [0.1, 0.15) is 0 Å². The molecule has 1 fully saturated rings. The molecular formula is C21H22FN8O8PS. The molecule has 40 heavy (non-hydrogen) atoms. The third-order valence-corrected chi connectivity index (χ3v) is 8.16. The SMILES string of the molecule is Nc1ncnc2c1ncn2[C@@]1(F)CO[C@H](COP(O)(=S)O[C@]2(n3ccc(=O)n4ccnc34)C=C(CO)OC2)[C@H]1O. The Morgan fingerprint density at radius 1 is 1.25 bits per heavy atom. The quantitative estimate of drug-likeness (QED) is 0.182. The van der Waals surface area contributed by atoms with Crippen molar-refractivity contribution in [3.8, 4) is 0 Å². The van der Waals surface area contributed by atoms with Crippen molar-refractivity contribution in [3.63, 3.8) is 0 Å². The molecule has 6 heterocycles. The molecule has 0 aliphatic carbocycles. The summed E-state index contributed by atoms with van der Waals surface area (Å²) in [5.41, 5.74) is 3.94. The minimum Gasteiger partial charge on any atom is -0.490 e. The van der Waals surface area contributed by atoms with Crippen molar-refractivity contribution < 1.29 is 38.0 Å². The average molecular weight is 596 g/mol. The third-order valence-electron chi connectivity index (χ3n) is 6.60. The van der Waals surface area contributed by atoms with E-state index in [0.29, 0.717) is 0 Å². The van der Waals surface area contributed by atoms with Gasteiger partial charge in [-0.1, -0.05) is 0 Å². The number of halogens is 1. The first-order valence-corrected chi connectivity index (χ1v) is 14.3. The second-order valence-electron chi connectivity index (χ2n) is 9.04. The summed E-state index contributed by atoms with van der Waals surface area (Å²) < 4.78 is 42.0. The fraction of sp³-hybridized carbons (Fsp3) is 0.381. The van der Waals surface area contributed by atoms with E-state index in [4.69, 9.17) is 36.1 Å². The molecule has 1 unspecified atom stereocenters. The summed E-state index contributed by atoms with van der Waals surface area (Å²) in [5.74, 6) is -2.20. The first kappa shape index (κ1) is 26.9. The number of imidazole rings is 2. The minimum atomic E-state index is -4.19. The van der Waals surface area contributed by atoms with E-state index in [0.717, 1.165) is 17.2 Å².